The van der Waals surface area contributed by atoms with Crippen LogP contribution in [0, 0.1) is 0 Å². The number of carbonyl (C=O) groups excluding carboxylic acids is 2. The highest BCUT2D eigenvalue weighted by Gasteiger charge is 2.17. The van der Waals surface area contributed by atoms with Gasteiger partial charge in [0.1, 0.15) is 4.88 Å². The Bertz CT molecular complexity index is 877. The van der Waals surface area contributed by atoms with E-state index in [9.17, 15) is 9.59 Å². The predicted molar refractivity (Wildman–Crippen MR) is 97.2 cm³/mol. The number of hydrogen-bond donors (Lipinski definition) is 2. The molecule has 0 saturated heterocycles. The minimum atomic E-state index is -0.408. The van der Waals surface area contributed by atoms with Gasteiger partial charge in [-0.3, -0.25) is 20.4 Å². The molecule has 0 unspecified atom stereocenters. The van der Waals surface area contributed by atoms with Crippen LogP contribution in [-0.2, 0) is 11.2 Å². The minimum absolute atomic E-state index is 0.246. The zero-order valence-corrected chi connectivity index (χ0v) is 14.3. The quantitative estimate of drug-likeness (QED) is 0.694. The number of rotatable bonds is 4. The first kappa shape index (κ1) is 16.5. The molecule has 0 aliphatic carbocycles. The highest BCUT2D eigenvalue weighted by molar-refractivity contribution is 7.21. The zero-order chi connectivity index (χ0) is 16.9. The molecule has 2 aromatic carbocycles. The van der Waals surface area contributed by atoms with Crippen LogP contribution in [-0.4, -0.2) is 11.8 Å². The number of fused-ring (bicyclic) bond motifs is 1. The molecule has 2 amide bonds. The summed E-state index contributed by atoms with van der Waals surface area (Å²) in [6.07, 6.45) is 0.913. The first-order valence-electron chi connectivity index (χ1n) is 7.45. The van der Waals surface area contributed by atoms with Crippen LogP contribution >= 0.6 is 22.9 Å². The number of halogens is 1. The summed E-state index contributed by atoms with van der Waals surface area (Å²) in [7, 11) is 0. The van der Waals surface area contributed by atoms with Gasteiger partial charge in [-0.2, -0.15) is 0 Å². The minimum Gasteiger partial charge on any atom is -0.273 e. The van der Waals surface area contributed by atoms with E-state index in [0.717, 1.165) is 15.6 Å². The fourth-order valence-electron chi connectivity index (χ4n) is 2.31. The van der Waals surface area contributed by atoms with Crippen LogP contribution in [0.4, 0.5) is 0 Å². The fraction of sp³-hybridized carbons (Fsp3) is 0.111. The lowest BCUT2D eigenvalue weighted by atomic mass is 10.1. The highest BCUT2D eigenvalue weighted by atomic mass is 35.5. The lowest BCUT2D eigenvalue weighted by Gasteiger charge is -2.06. The number of amides is 2. The predicted octanol–water partition coefficient (Wildman–Crippen LogP) is 3.95. The summed E-state index contributed by atoms with van der Waals surface area (Å²) in [6, 6.07) is 17.2. The normalized spacial score (nSPS) is 10.5. The van der Waals surface area contributed by atoms with E-state index in [2.05, 4.69) is 10.9 Å². The number of aryl methyl sites for hydroxylation is 1. The van der Waals surface area contributed by atoms with Crippen LogP contribution in [0.5, 0.6) is 0 Å². The van der Waals surface area contributed by atoms with E-state index in [0.29, 0.717) is 22.7 Å². The lowest BCUT2D eigenvalue weighted by molar-refractivity contribution is -0.121. The first-order valence-corrected chi connectivity index (χ1v) is 8.65. The molecule has 0 atom stereocenters. The Hall–Kier alpha value is -2.37. The molecular weight excluding hydrogens is 344 g/mol. The Morgan fingerprint density at radius 3 is 2.42 bits per heavy atom. The number of thiophene rings is 1. The summed E-state index contributed by atoms with van der Waals surface area (Å²) >= 11 is 7.54. The largest absolute Gasteiger partial charge is 0.281 e. The van der Waals surface area contributed by atoms with Crippen molar-refractivity contribution in [1.29, 1.82) is 0 Å². The Morgan fingerprint density at radius 2 is 1.67 bits per heavy atom. The molecule has 0 radical (unpaired) electrons. The molecule has 2 N–H and O–H groups in total. The SMILES string of the molecule is O=C(CCc1ccccc1)NNC(=O)c1sc2ccccc2c1Cl. The first-order chi connectivity index (χ1) is 11.6. The summed E-state index contributed by atoms with van der Waals surface area (Å²) in [5.41, 5.74) is 5.93. The van der Waals surface area contributed by atoms with Crippen molar-refractivity contribution >= 4 is 44.8 Å². The second-order valence-corrected chi connectivity index (χ2v) is 6.66. The Balaban J connectivity index is 1.56. The zero-order valence-electron chi connectivity index (χ0n) is 12.7. The molecule has 0 spiro atoms. The van der Waals surface area contributed by atoms with Crippen LogP contribution in [0.1, 0.15) is 21.7 Å². The second kappa shape index (κ2) is 7.47. The van der Waals surface area contributed by atoms with Crippen molar-refractivity contribution in [3.8, 4) is 0 Å². The molecule has 0 saturated carbocycles. The van der Waals surface area contributed by atoms with Crippen molar-refractivity contribution in [3.05, 3.63) is 70.1 Å². The van der Waals surface area contributed by atoms with Crippen molar-refractivity contribution < 1.29 is 9.59 Å². The lowest BCUT2D eigenvalue weighted by Crippen LogP contribution is -2.41. The van der Waals surface area contributed by atoms with Gasteiger partial charge in [-0.25, -0.2) is 0 Å². The number of hydrogen-bond acceptors (Lipinski definition) is 3. The third kappa shape index (κ3) is 3.75. The van der Waals surface area contributed by atoms with Crippen molar-refractivity contribution in [1.82, 2.24) is 10.9 Å². The van der Waals surface area contributed by atoms with E-state index >= 15 is 0 Å². The van der Waals surface area contributed by atoms with Gasteiger partial charge < -0.3 is 0 Å². The highest BCUT2D eigenvalue weighted by Crippen LogP contribution is 2.34. The van der Waals surface area contributed by atoms with Gasteiger partial charge in [-0.05, 0) is 18.1 Å². The molecule has 4 nitrogen and oxygen atoms in total. The van der Waals surface area contributed by atoms with Crippen LogP contribution < -0.4 is 10.9 Å². The van der Waals surface area contributed by atoms with Gasteiger partial charge >= 0.3 is 0 Å². The maximum atomic E-state index is 12.2. The Kier molecular flexibility index (Phi) is 5.13. The average Bonchev–Trinajstić information content (AvgIpc) is 2.96. The maximum absolute atomic E-state index is 12.2. The molecule has 24 heavy (non-hydrogen) atoms. The molecule has 3 aromatic rings. The fourth-order valence-corrected chi connectivity index (χ4v) is 3.72. The second-order valence-electron chi connectivity index (χ2n) is 5.23. The summed E-state index contributed by atoms with van der Waals surface area (Å²) in [5, 5.41) is 1.25. The molecule has 3 rings (SSSR count). The molecule has 0 aliphatic heterocycles. The van der Waals surface area contributed by atoms with Crippen molar-refractivity contribution in [2.45, 2.75) is 12.8 Å². The van der Waals surface area contributed by atoms with Crippen LogP contribution in [0.3, 0.4) is 0 Å². The van der Waals surface area contributed by atoms with E-state index in [1.807, 2.05) is 54.6 Å². The number of carbonyl (C=O) groups is 2. The number of hydrazine groups is 1. The van der Waals surface area contributed by atoms with Gasteiger partial charge in [0.15, 0.2) is 0 Å². The van der Waals surface area contributed by atoms with Crippen molar-refractivity contribution in [2.75, 3.05) is 0 Å². The molecule has 1 heterocycles. The Labute approximate surface area is 148 Å². The van der Waals surface area contributed by atoms with E-state index in [-0.39, 0.29) is 5.91 Å². The van der Waals surface area contributed by atoms with E-state index < -0.39 is 5.91 Å². The topological polar surface area (TPSA) is 58.2 Å². The average molecular weight is 359 g/mol. The molecule has 1 aromatic heterocycles. The van der Waals surface area contributed by atoms with E-state index in [1.165, 1.54) is 11.3 Å². The van der Waals surface area contributed by atoms with Gasteiger partial charge in [0.25, 0.3) is 5.91 Å². The smallest absolute Gasteiger partial charge is 0.273 e. The molecule has 0 aliphatic rings. The molecule has 6 heteroatoms. The van der Waals surface area contributed by atoms with Gasteiger partial charge in [-0.1, -0.05) is 60.1 Å². The molecule has 0 fully saturated rings. The molecular formula is C18H15ClN2O2S. The third-order valence-corrected chi connectivity index (χ3v) is 5.21. The van der Waals surface area contributed by atoms with Crippen LogP contribution in [0.2, 0.25) is 5.02 Å². The van der Waals surface area contributed by atoms with Gasteiger partial charge in [0.05, 0.1) is 5.02 Å². The van der Waals surface area contributed by atoms with Crippen LogP contribution in [0.25, 0.3) is 10.1 Å². The van der Waals surface area contributed by atoms with Crippen molar-refractivity contribution in [2.24, 2.45) is 0 Å². The summed E-state index contributed by atoms with van der Waals surface area (Å²) in [6.45, 7) is 0. The van der Waals surface area contributed by atoms with Gasteiger partial charge in [0, 0.05) is 16.5 Å². The van der Waals surface area contributed by atoms with E-state index in [1.54, 1.807) is 0 Å². The monoisotopic (exact) mass is 358 g/mol. The standard InChI is InChI=1S/C18H15ClN2O2S/c19-16-13-8-4-5-9-14(13)24-17(16)18(23)21-20-15(22)11-10-12-6-2-1-3-7-12/h1-9H,10-11H2,(H,20,22)(H,21,23). The number of nitrogens with one attached hydrogen (secondary N) is 2. The van der Waals surface area contributed by atoms with E-state index in [4.69, 9.17) is 11.6 Å². The Morgan fingerprint density at radius 1 is 0.958 bits per heavy atom. The van der Waals surface area contributed by atoms with Crippen LogP contribution in [0.15, 0.2) is 54.6 Å². The maximum Gasteiger partial charge on any atom is 0.281 e. The summed E-state index contributed by atoms with van der Waals surface area (Å²) in [4.78, 5) is 24.5. The summed E-state index contributed by atoms with van der Waals surface area (Å²) in [5.74, 6) is -0.654. The van der Waals surface area contributed by atoms with Gasteiger partial charge in [0.2, 0.25) is 5.91 Å². The number of benzene rings is 2. The summed E-state index contributed by atoms with van der Waals surface area (Å²) < 4.78 is 0.933. The third-order valence-electron chi connectivity index (χ3n) is 3.54. The molecule has 122 valence electrons. The van der Waals surface area contributed by atoms with Crippen molar-refractivity contribution in [3.63, 3.8) is 0 Å². The van der Waals surface area contributed by atoms with Gasteiger partial charge in [-0.15, -0.1) is 11.3 Å². The molecule has 0 bridgehead atoms.